The number of amides is 1. The highest BCUT2D eigenvalue weighted by atomic mass is 16.3. The van der Waals surface area contributed by atoms with Gasteiger partial charge in [0.25, 0.3) is 5.91 Å². The highest BCUT2D eigenvalue weighted by Gasteiger charge is 2.22. The Hall–Kier alpha value is -3.16. The highest BCUT2D eigenvalue weighted by molar-refractivity contribution is 6.16. The highest BCUT2D eigenvalue weighted by Crippen LogP contribution is 2.38. The van der Waals surface area contributed by atoms with Crippen LogP contribution in [0.25, 0.3) is 27.6 Å². The molecule has 0 spiro atoms. The number of H-pyrrole nitrogens is 1. The quantitative estimate of drug-likeness (QED) is 0.473. The predicted molar refractivity (Wildman–Crippen MR) is 117 cm³/mol. The number of aromatic nitrogens is 1. The summed E-state index contributed by atoms with van der Waals surface area (Å²) < 4.78 is 0. The van der Waals surface area contributed by atoms with Gasteiger partial charge in [-0.2, -0.15) is 0 Å². The summed E-state index contributed by atoms with van der Waals surface area (Å²) in [5.74, 6) is -0.0464. The van der Waals surface area contributed by atoms with Crippen molar-refractivity contribution in [2.24, 2.45) is 4.99 Å². The zero-order chi connectivity index (χ0) is 21.4. The van der Waals surface area contributed by atoms with Gasteiger partial charge in [0.1, 0.15) is 11.5 Å². The molecule has 0 unspecified atom stereocenters. The second-order valence-corrected chi connectivity index (χ2v) is 7.85. The van der Waals surface area contributed by atoms with E-state index in [0.29, 0.717) is 34.7 Å². The number of nitrogens with one attached hydrogen (secondary N) is 2. The maximum absolute atomic E-state index is 12.3. The number of phenolic OH excluding ortho intramolecular Hbond substituents is 2. The minimum Gasteiger partial charge on any atom is -0.507 e. The molecule has 0 saturated carbocycles. The van der Waals surface area contributed by atoms with E-state index >= 15 is 0 Å². The second kappa shape index (κ2) is 7.93. The van der Waals surface area contributed by atoms with Crippen molar-refractivity contribution in [2.75, 3.05) is 34.2 Å². The Morgan fingerprint density at radius 2 is 1.87 bits per heavy atom. The van der Waals surface area contributed by atoms with Crippen LogP contribution in [0.2, 0.25) is 0 Å². The van der Waals surface area contributed by atoms with Gasteiger partial charge in [0.15, 0.2) is 0 Å². The molecular formula is C23H26N4O3. The molecule has 2 heterocycles. The van der Waals surface area contributed by atoms with Crippen LogP contribution in [0.15, 0.2) is 35.5 Å². The number of rotatable bonds is 7. The fraction of sp³-hybridized carbons (Fsp3) is 0.304. The molecule has 0 aliphatic carbocycles. The summed E-state index contributed by atoms with van der Waals surface area (Å²) >= 11 is 0. The molecule has 3 aromatic rings. The molecule has 0 radical (unpaired) electrons. The van der Waals surface area contributed by atoms with Gasteiger partial charge in [-0.15, -0.1) is 0 Å². The number of benzene rings is 2. The maximum Gasteiger partial charge on any atom is 0.274 e. The average Bonchev–Trinajstić information content (AvgIpc) is 3.28. The van der Waals surface area contributed by atoms with Crippen LogP contribution in [-0.2, 0) is 11.2 Å². The monoisotopic (exact) mass is 406 g/mol. The van der Waals surface area contributed by atoms with Gasteiger partial charge in [-0.1, -0.05) is 0 Å². The zero-order valence-corrected chi connectivity index (χ0v) is 17.4. The molecule has 4 N–H and O–H groups in total. The Morgan fingerprint density at radius 3 is 2.60 bits per heavy atom. The zero-order valence-electron chi connectivity index (χ0n) is 17.4. The molecular weight excluding hydrogens is 380 g/mol. The standard InChI is InChI=1S/C23H26N4O3/c1-24-10-8-16-20-17(26-23(16)30)6-4-15(22(20)29)14-5-7-18(28)19-13(9-11-27(2)3)12-25-21(14)19/h4-7,12,24-25,28-29H,8-11H2,1-3H3. The summed E-state index contributed by atoms with van der Waals surface area (Å²) in [5, 5.41) is 26.4. The molecule has 1 aliphatic heterocycles. The molecule has 0 fully saturated rings. The smallest absolute Gasteiger partial charge is 0.274 e. The fourth-order valence-electron chi connectivity index (χ4n) is 4.02. The lowest BCUT2D eigenvalue weighted by Crippen LogP contribution is -2.25. The van der Waals surface area contributed by atoms with E-state index in [4.69, 9.17) is 0 Å². The predicted octanol–water partition coefficient (Wildman–Crippen LogP) is 1.27. The molecule has 0 bridgehead atoms. The van der Waals surface area contributed by atoms with Crippen molar-refractivity contribution >= 4 is 22.4 Å². The van der Waals surface area contributed by atoms with E-state index in [1.807, 2.05) is 27.3 Å². The molecule has 30 heavy (non-hydrogen) atoms. The van der Waals surface area contributed by atoms with Gasteiger partial charge < -0.3 is 25.4 Å². The fourth-order valence-corrected chi connectivity index (χ4v) is 4.02. The lowest BCUT2D eigenvalue weighted by molar-refractivity contribution is -0.112. The summed E-state index contributed by atoms with van der Waals surface area (Å²) in [6, 6.07) is 6.98. The first-order valence-electron chi connectivity index (χ1n) is 10.0. The third-order valence-corrected chi connectivity index (χ3v) is 5.58. The molecule has 1 aromatic heterocycles. The molecule has 4 rings (SSSR count). The third kappa shape index (κ3) is 3.36. The lowest BCUT2D eigenvalue weighted by atomic mass is 9.97. The van der Waals surface area contributed by atoms with Gasteiger partial charge in [0, 0.05) is 34.8 Å². The van der Waals surface area contributed by atoms with E-state index < -0.39 is 0 Å². The number of hydrogen-bond acceptors (Lipinski definition) is 5. The summed E-state index contributed by atoms with van der Waals surface area (Å²) in [6.45, 7) is 1.48. The van der Waals surface area contributed by atoms with Gasteiger partial charge in [-0.25, -0.2) is 4.99 Å². The minimum absolute atomic E-state index is 0.0460. The first-order valence-corrected chi connectivity index (χ1v) is 10.0. The van der Waals surface area contributed by atoms with Crippen molar-refractivity contribution in [3.8, 4) is 22.6 Å². The summed E-state index contributed by atoms with van der Waals surface area (Å²) in [7, 11) is 5.84. The summed E-state index contributed by atoms with van der Waals surface area (Å²) in [4.78, 5) is 21.8. The van der Waals surface area contributed by atoms with Gasteiger partial charge in [-0.3, -0.25) is 4.79 Å². The summed E-state index contributed by atoms with van der Waals surface area (Å²) in [5.41, 5.74) is 3.67. The molecule has 0 atom stereocenters. The van der Waals surface area contributed by atoms with Gasteiger partial charge in [0.05, 0.1) is 16.1 Å². The molecule has 2 aromatic carbocycles. The van der Waals surface area contributed by atoms with Crippen LogP contribution in [-0.4, -0.2) is 60.2 Å². The number of aromatic amines is 1. The minimum atomic E-state index is -0.297. The normalized spacial score (nSPS) is 13.3. The van der Waals surface area contributed by atoms with Crippen molar-refractivity contribution < 1.29 is 15.0 Å². The Labute approximate surface area is 174 Å². The third-order valence-electron chi connectivity index (χ3n) is 5.58. The number of hydrogen-bond donors (Lipinski definition) is 4. The Balaban J connectivity index is 1.90. The van der Waals surface area contributed by atoms with Crippen molar-refractivity contribution in [1.29, 1.82) is 0 Å². The van der Waals surface area contributed by atoms with E-state index in [1.54, 1.807) is 24.3 Å². The number of phenols is 2. The van der Waals surface area contributed by atoms with Gasteiger partial charge in [0.2, 0.25) is 0 Å². The molecule has 1 amide bonds. The topological polar surface area (TPSA) is 101 Å². The number of carbonyl (C=O) groups excluding carboxylic acids is 1. The molecule has 1 aliphatic rings. The van der Waals surface area contributed by atoms with Gasteiger partial charge in [-0.05, 0) is 70.4 Å². The SMILES string of the molecule is CNCCC1=c2c(O)c(-c3ccc(O)c4c(CCN(C)C)c[nH]c34)ccc2=NC1=O. The first kappa shape index (κ1) is 20.1. The molecule has 7 heteroatoms. The van der Waals surface area contributed by atoms with Crippen LogP contribution in [0.3, 0.4) is 0 Å². The van der Waals surface area contributed by atoms with E-state index in [0.717, 1.165) is 35.0 Å². The van der Waals surface area contributed by atoms with Crippen LogP contribution in [0, 0.1) is 0 Å². The maximum atomic E-state index is 12.3. The largest absolute Gasteiger partial charge is 0.507 e. The molecule has 156 valence electrons. The summed E-state index contributed by atoms with van der Waals surface area (Å²) in [6.07, 6.45) is 3.19. The van der Waals surface area contributed by atoms with Crippen LogP contribution < -0.4 is 15.9 Å². The van der Waals surface area contributed by atoms with E-state index in [2.05, 4.69) is 20.2 Å². The van der Waals surface area contributed by atoms with E-state index in [-0.39, 0.29) is 17.4 Å². The van der Waals surface area contributed by atoms with Crippen LogP contribution >= 0.6 is 0 Å². The Bertz CT molecular complexity index is 1260. The number of likely N-dealkylation sites (N-methyl/N-ethyl adjacent to an activating group) is 1. The van der Waals surface area contributed by atoms with Crippen molar-refractivity contribution in [3.63, 3.8) is 0 Å². The van der Waals surface area contributed by atoms with Crippen molar-refractivity contribution in [2.45, 2.75) is 12.8 Å². The van der Waals surface area contributed by atoms with Crippen molar-refractivity contribution in [3.05, 3.63) is 46.6 Å². The second-order valence-electron chi connectivity index (χ2n) is 7.85. The number of carbonyl (C=O) groups is 1. The van der Waals surface area contributed by atoms with Crippen LogP contribution in [0.5, 0.6) is 11.5 Å². The number of fused-ring (bicyclic) bond motifs is 2. The Kier molecular flexibility index (Phi) is 5.32. The number of nitrogens with zero attached hydrogens (tertiary/aromatic N) is 2. The van der Waals surface area contributed by atoms with Gasteiger partial charge >= 0.3 is 0 Å². The van der Waals surface area contributed by atoms with E-state index in [9.17, 15) is 15.0 Å². The number of aromatic hydroxyl groups is 2. The first-order chi connectivity index (χ1) is 14.4. The lowest BCUT2D eigenvalue weighted by Gasteiger charge is -2.11. The Morgan fingerprint density at radius 1 is 1.10 bits per heavy atom. The van der Waals surface area contributed by atoms with Crippen LogP contribution in [0.4, 0.5) is 0 Å². The average molecular weight is 406 g/mol. The molecule has 0 saturated heterocycles. The van der Waals surface area contributed by atoms with Crippen LogP contribution in [0.1, 0.15) is 12.0 Å². The molecule has 7 nitrogen and oxygen atoms in total. The van der Waals surface area contributed by atoms with Crippen molar-refractivity contribution in [1.82, 2.24) is 15.2 Å². The van der Waals surface area contributed by atoms with E-state index in [1.165, 1.54) is 0 Å².